The van der Waals surface area contributed by atoms with Crippen molar-refractivity contribution < 1.29 is 9.84 Å². The second-order valence-electron chi connectivity index (χ2n) is 4.09. The summed E-state index contributed by atoms with van der Waals surface area (Å²) in [6, 6.07) is 7.42. The van der Waals surface area contributed by atoms with Gasteiger partial charge in [0.25, 0.3) is 0 Å². The number of aliphatic hydroxyl groups excluding tert-OH is 1. The largest absolute Gasteiger partial charge is 0.394 e. The lowest BCUT2D eigenvalue weighted by Crippen LogP contribution is -2.25. The topological polar surface area (TPSA) is 55.5 Å². The molecule has 0 bridgehead atoms. The van der Waals surface area contributed by atoms with Crippen molar-refractivity contribution in [2.75, 3.05) is 13.7 Å². The highest BCUT2D eigenvalue weighted by Gasteiger charge is 2.24. The van der Waals surface area contributed by atoms with Crippen LogP contribution in [0, 0.1) is 0 Å². The summed E-state index contributed by atoms with van der Waals surface area (Å²) in [5.41, 5.74) is 7.41. The van der Waals surface area contributed by atoms with E-state index in [1.807, 2.05) is 38.1 Å². The Bertz CT molecular complexity index is 323. The number of aliphatic hydroxyl groups is 1. The van der Waals surface area contributed by atoms with Crippen molar-refractivity contribution in [2.24, 2.45) is 5.73 Å². The molecule has 3 heteroatoms. The number of rotatable bonds is 4. The fraction of sp³-hybridized carbons (Fsp3) is 0.500. The van der Waals surface area contributed by atoms with E-state index in [-0.39, 0.29) is 18.2 Å². The van der Waals surface area contributed by atoms with Crippen LogP contribution in [0.15, 0.2) is 24.3 Å². The first-order valence-corrected chi connectivity index (χ1v) is 5.04. The van der Waals surface area contributed by atoms with Crippen molar-refractivity contribution in [1.29, 1.82) is 0 Å². The summed E-state index contributed by atoms with van der Waals surface area (Å²) in [6.07, 6.45) is 0. The van der Waals surface area contributed by atoms with Crippen LogP contribution in [0.25, 0.3) is 0 Å². The zero-order valence-corrected chi connectivity index (χ0v) is 9.53. The summed E-state index contributed by atoms with van der Waals surface area (Å²) in [6.45, 7) is 3.91. The molecule has 0 aliphatic heterocycles. The third-order valence-electron chi connectivity index (χ3n) is 2.72. The number of nitrogens with two attached hydrogens (primary N) is 1. The number of ether oxygens (including phenoxy) is 1. The molecular formula is C12H19NO2. The van der Waals surface area contributed by atoms with Crippen LogP contribution in [-0.2, 0) is 10.3 Å². The fourth-order valence-corrected chi connectivity index (χ4v) is 1.58. The second kappa shape index (κ2) is 4.75. The molecule has 15 heavy (non-hydrogen) atoms. The summed E-state index contributed by atoms with van der Waals surface area (Å²) in [7, 11) is 1.67. The molecule has 0 amide bonds. The van der Waals surface area contributed by atoms with Gasteiger partial charge in [0.05, 0.1) is 18.2 Å². The van der Waals surface area contributed by atoms with Gasteiger partial charge in [-0.2, -0.15) is 0 Å². The van der Waals surface area contributed by atoms with Gasteiger partial charge in [-0.25, -0.2) is 0 Å². The van der Waals surface area contributed by atoms with E-state index in [9.17, 15) is 0 Å². The lowest BCUT2D eigenvalue weighted by Gasteiger charge is -2.27. The Kier molecular flexibility index (Phi) is 3.85. The maximum Gasteiger partial charge on any atom is 0.0874 e. The molecule has 1 aromatic carbocycles. The molecule has 1 aromatic rings. The summed E-state index contributed by atoms with van der Waals surface area (Å²) in [4.78, 5) is 0. The van der Waals surface area contributed by atoms with Crippen molar-refractivity contribution in [3.63, 3.8) is 0 Å². The standard InChI is InChI=1S/C12H19NO2/c1-12(2,15-3)10-7-5-4-6-9(10)11(13)8-14/h4-7,11,14H,8,13H2,1-3H3. The van der Waals surface area contributed by atoms with Gasteiger partial charge in [0.2, 0.25) is 0 Å². The van der Waals surface area contributed by atoms with Crippen LogP contribution in [0.5, 0.6) is 0 Å². The number of hydrogen-bond acceptors (Lipinski definition) is 3. The molecule has 84 valence electrons. The van der Waals surface area contributed by atoms with Crippen LogP contribution >= 0.6 is 0 Å². The number of benzene rings is 1. The zero-order chi connectivity index (χ0) is 11.5. The lowest BCUT2D eigenvalue weighted by molar-refractivity contribution is 0.0180. The van der Waals surface area contributed by atoms with Crippen LogP contribution in [-0.4, -0.2) is 18.8 Å². The third-order valence-corrected chi connectivity index (χ3v) is 2.72. The van der Waals surface area contributed by atoms with Gasteiger partial charge < -0.3 is 15.6 Å². The van der Waals surface area contributed by atoms with Gasteiger partial charge in [0.15, 0.2) is 0 Å². The maximum atomic E-state index is 9.09. The van der Waals surface area contributed by atoms with Gasteiger partial charge in [0.1, 0.15) is 0 Å². The molecule has 0 aliphatic carbocycles. The van der Waals surface area contributed by atoms with E-state index in [2.05, 4.69) is 0 Å². The molecule has 3 nitrogen and oxygen atoms in total. The minimum Gasteiger partial charge on any atom is -0.394 e. The van der Waals surface area contributed by atoms with Crippen molar-refractivity contribution >= 4 is 0 Å². The van der Waals surface area contributed by atoms with E-state index in [0.29, 0.717) is 0 Å². The molecule has 0 fully saturated rings. The molecule has 0 heterocycles. The third kappa shape index (κ3) is 2.56. The first-order valence-electron chi connectivity index (χ1n) is 5.04. The summed E-state index contributed by atoms with van der Waals surface area (Å²) in [5, 5.41) is 9.09. The Hall–Kier alpha value is -0.900. The van der Waals surface area contributed by atoms with Crippen LogP contribution in [0.2, 0.25) is 0 Å². The summed E-state index contributed by atoms with van der Waals surface area (Å²) >= 11 is 0. The minimum absolute atomic E-state index is 0.0587. The van der Waals surface area contributed by atoms with Crippen molar-refractivity contribution in [3.8, 4) is 0 Å². The molecule has 1 atom stereocenters. The lowest BCUT2D eigenvalue weighted by atomic mass is 9.90. The van der Waals surface area contributed by atoms with Gasteiger partial charge in [-0.3, -0.25) is 0 Å². The highest BCUT2D eigenvalue weighted by atomic mass is 16.5. The number of methoxy groups -OCH3 is 1. The Morgan fingerprint density at radius 3 is 2.53 bits per heavy atom. The van der Waals surface area contributed by atoms with Gasteiger partial charge in [-0.15, -0.1) is 0 Å². The van der Waals surface area contributed by atoms with Gasteiger partial charge in [0, 0.05) is 7.11 Å². The first kappa shape index (κ1) is 12.2. The van der Waals surface area contributed by atoms with Crippen LogP contribution < -0.4 is 5.73 Å². The average Bonchev–Trinajstić information content (AvgIpc) is 2.28. The average molecular weight is 209 g/mol. The predicted molar refractivity (Wildman–Crippen MR) is 60.5 cm³/mol. The van der Waals surface area contributed by atoms with E-state index in [4.69, 9.17) is 15.6 Å². The smallest absolute Gasteiger partial charge is 0.0874 e. The zero-order valence-electron chi connectivity index (χ0n) is 9.53. The SMILES string of the molecule is COC(C)(C)c1ccccc1C(N)CO. The highest BCUT2D eigenvalue weighted by molar-refractivity contribution is 5.34. The molecule has 0 aromatic heterocycles. The normalized spacial score (nSPS) is 13.9. The predicted octanol–water partition coefficient (Wildman–Crippen LogP) is 1.56. The molecule has 1 unspecified atom stereocenters. The van der Waals surface area contributed by atoms with Gasteiger partial charge in [-0.1, -0.05) is 24.3 Å². The molecule has 0 spiro atoms. The highest BCUT2D eigenvalue weighted by Crippen LogP contribution is 2.29. The van der Waals surface area contributed by atoms with Crippen molar-refractivity contribution in [3.05, 3.63) is 35.4 Å². The van der Waals surface area contributed by atoms with E-state index >= 15 is 0 Å². The summed E-state index contributed by atoms with van der Waals surface area (Å²) < 4.78 is 5.42. The molecule has 1 rings (SSSR count). The van der Waals surface area contributed by atoms with E-state index in [1.165, 1.54) is 0 Å². The van der Waals surface area contributed by atoms with Crippen LogP contribution in [0.4, 0.5) is 0 Å². The minimum atomic E-state index is -0.386. The maximum absolute atomic E-state index is 9.09. The van der Waals surface area contributed by atoms with Crippen LogP contribution in [0.3, 0.4) is 0 Å². The van der Waals surface area contributed by atoms with Gasteiger partial charge in [-0.05, 0) is 25.0 Å². The quantitative estimate of drug-likeness (QED) is 0.791. The molecule has 3 N–H and O–H groups in total. The van der Waals surface area contributed by atoms with Crippen LogP contribution in [0.1, 0.15) is 31.0 Å². The first-order chi connectivity index (χ1) is 7.03. The summed E-state index contributed by atoms with van der Waals surface area (Å²) in [5.74, 6) is 0. The fourth-order valence-electron chi connectivity index (χ4n) is 1.58. The monoisotopic (exact) mass is 209 g/mol. The van der Waals surface area contributed by atoms with E-state index in [1.54, 1.807) is 7.11 Å². The Morgan fingerprint density at radius 2 is 2.00 bits per heavy atom. The number of hydrogen-bond donors (Lipinski definition) is 2. The molecular weight excluding hydrogens is 190 g/mol. The molecule has 0 radical (unpaired) electrons. The van der Waals surface area contributed by atoms with E-state index < -0.39 is 0 Å². The van der Waals surface area contributed by atoms with Crippen molar-refractivity contribution in [1.82, 2.24) is 0 Å². The Morgan fingerprint density at radius 1 is 1.40 bits per heavy atom. The Labute approximate surface area is 90.9 Å². The Balaban J connectivity index is 3.17. The molecule has 0 aliphatic rings. The molecule has 0 saturated carbocycles. The van der Waals surface area contributed by atoms with Gasteiger partial charge >= 0.3 is 0 Å². The van der Waals surface area contributed by atoms with Crippen molar-refractivity contribution in [2.45, 2.75) is 25.5 Å². The molecule has 0 saturated heterocycles. The van der Waals surface area contributed by atoms with E-state index in [0.717, 1.165) is 11.1 Å². The second-order valence-corrected chi connectivity index (χ2v) is 4.09.